The molecule has 5 nitrogen and oxygen atoms in total. The SMILES string of the molecule is CCCNCCc1cn(CC(=O)NCC2CC2)cn1. The van der Waals surface area contributed by atoms with Gasteiger partial charge >= 0.3 is 0 Å². The van der Waals surface area contributed by atoms with Gasteiger partial charge in [-0.3, -0.25) is 4.79 Å². The Morgan fingerprint density at radius 1 is 1.47 bits per heavy atom. The maximum absolute atomic E-state index is 11.7. The van der Waals surface area contributed by atoms with E-state index in [1.54, 1.807) is 6.33 Å². The summed E-state index contributed by atoms with van der Waals surface area (Å²) in [5.74, 6) is 0.812. The van der Waals surface area contributed by atoms with Gasteiger partial charge in [0.05, 0.1) is 12.0 Å². The molecule has 0 aliphatic heterocycles. The van der Waals surface area contributed by atoms with Gasteiger partial charge in [-0.25, -0.2) is 4.98 Å². The number of amides is 1. The monoisotopic (exact) mass is 264 g/mol. The average Bonchev–Trinajstić information content (AvgIpc) is 3.13. The van der Waals surface area contributed by atoms with Crippen LogP contribution in [0.3, 0.4) is 0 Å². The molecule has 2 rings (SSSR count). The van der Waals surface area contributed by atoms with E-state index in [1.807, 2.05) is 10.8 Å². The molecule has 0 saturated heterocycles. The Labute approximate surface area is 114 Å². The fourth-order valence-corrected chi connectivity index (χ4v) is 1.94. The summed E-state index contributed by atoms with van der Waals surface area (Å²) in [6.45, 7) is 5.36. The summed E-state index contributed by atoms with van der Waals surface area (Å²) in [7, 11) is 0. The molecule has 0 atom stereocenters. The number of aromatic nitrogens is 2. The average molecular weight is 264 g/mol. The molecule has 1 aliphatic carbocycles. The molecular formula is C14H24N4O. The first-order chi connectivity index (χ1) is 9.28. The van der Waals surface area contributed by atoms with E-state index >= 15 is 0 Å². The van der Waals surface area contributed by atoms with E-state index in [-0.39, 0.29) is 5.91 Å². The van der Waals surface area contributed by atoms with Crippen molar-refractivity contribution in [1.82, 2.24) is 20.2 Å². The second-order valence-corrected chi connectivity index (χ2v) is 5.28. The number of hydrogen-bond donors (Lipinski definition) is 2. The first-order valence-corrected chi connectivity index (χ1v) is 7.26. The minimum atomic E-state index is 0.0833. The third-order valence-corrected chi connectivity index (χ3v) is 3.28. The molecule has 1 aliphatic rings. The molecule has 106 valence electrons. The van der Waals surface area contributed by atoms with E-state index in [0.717, 1.165) is 44.1 Å². The van der Waals surface area contributed by atoms with E-state index in [1.165, 1.54) is 12.8 Å². The molecule has 2 N–H and O–H groups in total. The predicted molar refractivity (Wildman–Crippen MR) is 74.8 cm³/mol. The summed E-state index contributed by atoms with van der Waals surface area (Å²) in [5, 5.41) is 6.31. The van der Waals surface area contributed by atoms with Crippen molar-refractivity contribution < 1.29 is 4.79 Å². The fraction of sp³-hybridized carbons (Fsp3) is 0.714. The molecule has 1 aromatic heterocycles. The highest BCUT2D eigenvalue weighted by Gasteiger charge is 2.21. The Kier molecular flexibility index (Phi) is 5.39. The van der Waals surface area contributed by atoms with Crippen molar-refractivity contribution in [2.75, 3.05) is 19.6 Å². The Hall–Kier alpha value is -1.36. The quantitative estimate of drug-likeness (QED) is 0.653. The van der Waals surface area contributed by atoms with Crippen LogP contribution >= 0.6 is 0 Å². The zero-order chi connectivity index (χ0) is 13.5. The predicted octanol–water partition coefficient (Wildman–Crippen LogP) is 0.951. The number of imidazole rings is 1. The molecule has 1 fully saturated rings. The first-order valence-electron chi connectivity index (χ1n) is 7.26. The van der Waals surface area contributed by atoms with Crippen LogP contribution in [0.25, 0.3) is 0 Å². The molecular weight excluding hydrogens is 240 g/mol. The van der Waals surface area contributed by atoms with Crippen molar-refractivity contribution in [3.63, 3.8) is 0 Å². The highest BCUT2D eigenvalue weighted by atomic mass is 16.1. The Bertz CT molecular complexity index is 398. The second-order valence-electron chi connectivity index (χ2n) is 5.28. The van der Waals surface area contributed by atoms with Crippen molar-refractivity contribution in [3.05, 3.63) is 18.2 Å². The molecule has 1 aromatic rings. The molecule has 0 bridgehead atoms. The van der Waals surface area contributed by atoms with E-state index in [2.05, 4.69) is 22.5 Å². The van der Waals surface area contributed by atoms with Crippen LogP contribution in [-0.2, 0) is 17.8 Å². The highest BCUT2D eigenvalue weighted by molar-refractivity contribution is 5.75. The van der Waals surface area contributed by atoms with Gasteiger partial charge in [0.1, 0.15) is 6.54 Å². The maximum Gasteiger partial charge on any atom is 0.239 e. The summed E-state index contributed by atoms with van der Waals surface area (Å²) in [4.78, 5) is 16.0. The van der Waals surface area contributed by atoms with Gasteiger partial charge in [0.25, 0.3) is 0 Å². The van der Waals surface area contributed by atoms with Gasteiger partial charge in [-0.15, -0.1) is 0 Å². The lowest BCUT2D eigenvalue weighted by atomic mass is 10.3. The third-order valence-electron chi connectivity index (χ3n) is 3.28. The van der Waals surface area contributed by atoms with E-state index in [9.17, 15) is 4.79 Å². The number of nitrogens with zero attached hydrogens (tertiary/aromatic N) is 2. The lowest BCUT2D eigenvalue weighted by Crippen LogP contribution is -2.28. The van der Waals surface area contributed by atoms with Gasteiger partial charge < -0.3 is 15.2 Å². The zero-order valence-electron chi connectivity index (χ0n) is 11.7. The van der Waals surface area contributed by atoms with Gasteiger partial charge in [0, 0.05) is 25.7 Å². The maximum atomic E-state index is 11.7. The smallest absolute Gasteiger partial charge is 0.239 e. The number of rotatable bonds is 9. The normalized spacial score (nSPS) is 14.6. The Morgan fingerprint density at radius 2 is 2.32 bits per heavy atom. The zero-order valence-corrected chi connectivity index (χ0v) is 11.7. The summed E-state index contributed by atoms with van der Waals surface area (Å²) in [6, 6.07) is 0. The van der Waals surface area contributed by atoms with Gasteiger partial charge in [0.15, 0.2) is 0 Å². The minimum Gasteiger partial charge on any atom is -0.354 e. The van der Waals surface area contributed by atoms with E-state index < -0.39 is 0 Å². The number of nitrogens with one attached hydrogen (secondary N) is 2. The number of carbonyl (C=O) groups excluding carboxylic acids is 1. The summed E-state index contributed by atoms with van der Waals surface area (Å²) in [6.07, 6.45) is 8.29. The molecule has 1 heterocycles. The van der Waals surface area contributed by atoms with Crippen LogP contribution in [-0.4, -0.2) is 35.1 Å². The van der Waals surface area contributed by atoms with Crippen LogP contribution in [0.15, 0.2) is 12.5 Å². The second kappa shape index (κ2) is 7.28. The van der Waals surface area contributed by atoms with Gasteiger partial charge in [-0.2, -0.15) is 0 Å². The molecule has 1 amide bonds. The molecule has 1 saturated carbocycles. The van der Waals surface area contributed by atoms with Crippen molar-refractivity contribution in [2.45, 2.75) is 39.2 Å². The summed E-state index contributed by atoms with van der Waals surface area (Å²) in [5.41, 5.74) is 1.04. The lowest BCUT2D eigenvalue weighted by molar-refractivity contribution is -0.121. The highest BCUT2D eigenvalue weighted by Crippen LogP contribution is 2.27. The van der Waals surface area contributed by atoms with Crippen LogP contribution in [0.4, 0.5) is 0 Å². The van der Waals surface area contributed by atoms with Crippen LogP contribution in [0, 0.1) is 5.92 Å². The Morgan fingerprint density at radius 3 is 3.05 bits per heavy atom. The molecule has 0 spiro atoms. The Balaban J connectivity index is 1.65. The molecule has 0 aromatic carbocycles. The van der Waals surface area contributed by atoms with Gasteiger partial charge in [-0.05, 0) is 31.7 Å². The van der Waals surface area contributed by atoms with Crippen LogP contribution in [0.2, 0.25) is 0 Å². The van der Waals surface area contributed by atoms with Crippen molar-refractivity contribution >= 4 is 5.91 Å². The molecule has 5 heteroatoms. The van der Waals surface area contributed by atoms with Crippen LogP contribution in [0.1, 0.15) is 31.9 Å². The van der Waals surface area contributed by atoms with Gasteiger partial charge in [0.2, 0.25) is 5.91 Å². The van der Waals surface area contributed by atoms with Crippen molar-refractivity contribution in [1.29, 1.82) is 0 Å². The standard InChI is InChI=1S/C14H24N4O/c1-2-6-15-7-5-13-9-18(11-17-13)10-14(19)16-8-12-3-4-12/h9,11-12,15H,2-8,10H2,1H3,(H,16,19). The van der Waals surface area contributed by atoms with E-state index in [4.69, 9.17) is 0 Å². The van der Waals surface area contributed by atoms with E-state index in [0.29, 0.717) is 6.54 Å². The first kappa shape index (κ1) is 14.1. The van der Waals surface area contributed by atoms with Crippen LogP contribution in [0.5, 0.6) is 0 Å². The van der Waals surface area contributed by atoms with Gasteiger partial charge in [-0.1, -0.05) is 6.92 Å². The summed E-state index contributed by atoms with van der Waals surface area (Å²) >= 11 is 0. The minimum absolute atomic E-state index is 0.0833. The number of carbonyl (C=O) groups is 1. The molecule has 0 unspecified atom stereocenters. The third kappa shape index (κ3) is 5.42. The largest absolute Gasteiger partial charge is 0.354 e. The topological polar surface area (TPSA) is 59.0 Å². The van der Waals surface area contributed by atoms with Crippen molar-refractivity contribution in [3.8, 4) is 0 Å². The van der Waals surface area contributed by atoms with Crippen LogP contribution < -0.4 is 10.6 Å². The fourth-order valence-electron chi connectivity index (χ4n) is 1.94. The molecule has 0 radical (unpaired) electrons. The molecule has 19 heavy (non-hydrogen) atoms. The summed E-state index contributed by atoms with van der Waals surface area (Å²) < 4.78 is 1.86. The lowest BCUT2D eigenvalue weighted by Gasteiger charge is -2.04. The van der Waals surface area contributed by atoms with Crippen molar-refractivity contribution in [2.24, 2.45) is 5.92 Å². The number of hydrogen-bond acceptors (Lipinski definition) is 3.